The first kappa shape index (κ1) is 24.1. The van der Waals surface area contributed by atoms with Gasteiger partial charge in [0.05, 0.1) is 23.9 Å². The van der Waals surface area contributed by atoms with Crippen molar-refractivity contribution in [2.75, 3.05) is 28.1 Å². The third-order valence-electron chi connectivity index (χ3n) is 4.56. The van der Waals surface area contributed by atoms with Crippen molar-refractivity contribution in [3.8, 4) is 5.75 Å². The second-order valence-corrected chi connectivity index (χ2v) is 10.6. The highest BCUT2D eigenvalue weighted by Gasteiger charge is 2.16. The molecule has 0 spiro atoms. The van der Waals surface area contributed by atoms with Gasteiger partial charge in [0.1, 0.15) is 5.75 Å². The minimum absolute atomic E-state index is 0.00940. The molecular weight excluding hydrogens is 466 g/mol. The number of rotatable bonds is 8. The summed E-state index contributed by atoms with van der Waals surface area (Å²) in [6.45, 7) is 1.73. The first-order valence-corrected chi connectivity index (χ1v) is 13.0. The molecule has 0 aliphatic heterocycles. The van der Waals surface area contributed by atoms with Crippen molar-refractivity contribution in [1.82, 2.24) is 0 Å². The number of nitrogens with one attached hydrogen (secondary N) is 3. The Balaban J connectivity index is 1.73. The second kappa shape index (κ2) is 9.51. The molecule has 174 valence electrons. The molecule has 11 heteroatoms. The highest BCUT2D eigenvalue weighted by Crippen LogP contribution is 2.23. The van der Waals surface area contributed by atoms with E-state index in [1.807, 2.05) is 0 Å². The van der Waals surface area contributed by atoms with Gasteiger partial charge in [0.2, 0.25) is 10.0 Å². The average Bonchev–Trinajstić information content (AvgIpc) is 2.75. The fraction of sp³-hybridized carbons (Fsp3) is 0.136. The van der Waals surface area contributed by atoms with Crippen molar-refractivity contribution in [1.29, 1.82) is 0 Å². The molecule has 0 aliphatic carbocycles. The molecule has 3 aromatic rings. The zero-order valence-electron chi connectivity index (χ0n) is 18.1. The monoisotopic (exact) mass is 489 g/mol. The van der Waals surface area contributed by atoms with E-state index in [-0.39, 0.29) is 10.5 Å². The standard InChI is InChI=1S/C22H23N3O6S2/c1-15-4-7-18(14-21(15)25-32(3,27)28)23-22(26)16-5-12-20(13-6-16)33(29,30)24-17-8-10-19(31-2)11-9-17/h4-14,24-25H,1-3H3,(H,23,26). The topological polar surface area (TPSA) is 131 Å². The van der Waals surface area contributed by atoms with Crippen LogP contribution in [-0.4, -0.2) is 36.1 Å². The molecule has 0 saturated heterocycles. The Labute approximate surface area is 192 Å². The second-order valence-electron chi connectivity index (χ2n) is 7.22. The lowest BCUT2D eigenvalue weighted by Gasteiger charge is -2.12. The summed E-state index contributed by atoms with van der Waals surface area (Å²) in [7, 11) is -5.81. The molecule has 3 N–H and O–H groups in total. The quantitative estimate of drug-likeness (QED) is 0.444. The van der Waals surface area contributed by atoms with E-state index < -0.39 is 26.0 Å². The van der Waals surface area contributed by atoms with Crippen LogP contribution in [0, 0.1) is 6.92 Å². The summed E-state index contributed by atoms with van der Waals surface area (Å²) in [6, 6.07) is 16.7. The van der Waals surface area contributed by atoms with Gasteiger partial charge < -0.3 is 10.1 Å². The molecule has 1 amide bonds. The van der Waals surface area contributed by atoms with Gasteiger partial charge in [-0.1, -0.05) is 6.07 Å². The highest BCUT2D eigenvalue weighted by molar-refractivity contribution is 7.92. The number of ether oxygens (including phenoxy) is 1. The van der Waals surface area contributed by atoms with Crippen molar-refractivity contribution < 1.29 is 26.4 Å². The smallest absolute Gasteiger partial charge is 0.261 e. The van der Waals surface area contributed by atoms with Crippen LogP contribution in [0.2, 0.25) is 0 Å². The Kier molecular flexibility index (Phi) is 6.94. The number of hydrogen-bond acceptors (Lipinski definition) is 6. The Morgan fingerprint density at radius 2 is 1.42 bits per heavy atom. The number of aryl methyl sites for hydroxylation is 1. The predicted octanol–water partition coefficient (Wildman–Crippen LogP) is 3.43. The van der Waals surface area contributed by atoms with E-state index in [0.29, 0.717) is 28.4 Å². The lowest BCUT2D eigenvalue weighted by molar-refractivity contribution is 0.102. The van der Waals surface area contributed by atoms with Crippen molar-refractivity contribution >= 4 is 43.0 Å². The van der Waals surface area contributed by atoms with Gasteiger partial charge in [-0.05, 0) is 73.2 Å². The summed E-state index contributed by atoms with van der Waals surface area (Å²) in [6.07, 6.45) is 1.04. The van der Waals surface area contributed by atoms with Crippen LogP contribution in [0.5, 0.6) is 5.75 Å². The van der Waals surface area contributed by atoms with Crippen LogP contribution < -0.4 is 19.5 Å². The SMILES string of the molecule is COc1ccc(NS(=O)(=O)c2ccc(C(=O)Nc3ccc(C)c(NS(C)(=O)=O)c3)cc2)cc1. The Morgan fingerprint density at radius 1 is 0.818 bits per heavy atom. The van der Waals surface area contributed by atoms with E-state index in [4.69, 9.17) is 4.74 Å². The minimum Gasteiger partial charge on any atom is -0.497 e. The number of hydrogen-bond donors (Lipinski definition) is 3. The molecule has 3 rings (SSSR count). The fourth-order valence-electron chi connectivity index (χ4n) is 2.87. The minimum atomic E-state index is -3.85. The van der Waals surface area contributed by atoms with Crippen molar-refractivity contribution in [3.05, 3.63) is 77.9 Å². The molecule has 0 aromatic heterocycles. The largest absolute Gasteiger partial charge is 0.497 e. The normalized spacial score (nSPS) is 11.5. The van der Waals surface area contributed by atoms with Crippen LogP contribution in [0.1, 0.15) is 15.9 Å². The number of methoxy groups -OCH3 is 1. The summed E-state index contributed by atoms with van der Waals surface area (Å²) in [5.41, 5.74) is 2.03. The Bertz CT molecular complexity index is 1370. The molecule has 0 unspecified atom stereocenters. The van der Waals surface area contributed by atoms with Gasteiger partial charge in [-0.15, -0.1) is 0 Å². The molecule has 9 nitrogen and oxygen atoms in total. The van der Waals surface area contributed by atoms with Crippen LogP contribution in [0.3, 0.4) is 0 Å². The highest BCUT2D eigenvalue weighted by atomic mass is 32.2. The summed E-state index contributed by atoms with van der Waals surface area (Å²) in [4.78, 5) is 12.6. The summed E-state index contributed by atoms with van der Waals surface area (Å²) in [5, 5.41) is 2.67. The maximum Gasteiger partial charge on any atom is 0.261 e. The van der Waals surface area contributed by atoms with Gasteiger partial charge in [-0.3, -0.25) is 14.2 Å². The number of carbonyl (C=O) groups is 1. The zero-order chi connectivity index (χ0) is 24.2. The van der Waals surface area contributed by atoms with Crippen molar-refractivity contribution in [3.63, 3.8) is 0 Å². The summed E-state index contributed by atoms with van der Waals surface area (Å²) >= 11 is 0. The summed E-state index contributed by atoms with van der Waals surface area (Å²) < 4.78 is 58.1. The summed E-state index contributed by atoms with van der Waals surface area (Å²) in [5.74, 6) is 0.123. The van der Waals surface area contributed by atoms with E-state index >= 15 is 0 Å². The fourth-order valence-corrected chi connectivity index (χ4v) is 4.55. The molecule has 33 heavy (non-hydrogen) atoms. The number of anilines is 3. The number of carbonyl (C=O) groups excluding carboxylic acids is 1. The van der Waals surface area contributed by atoms with Gasteiger partial charge in [0.15, 0.2) is 0 Å². The van der Waals surface area contributed by atoms with Gasteiger partial charge >= 0.3 is 0 Å². The molecule has 0 atom stereocenters. The molecule has 0 bridgehead atoms. The van der Waals surface area contributed by atoms with Crippen LogP contribution in [0.15, 0.2) is 71.6 Å². The molecule has 0 aliphatic rings. The number of amides is 1. The zero-order valence-corrected chi connectivity index (χ0v) is 19.7. The van der Waals surface area contributed by atoms with Crippen LogP contribution in [-0.2, 0) is 20.0 Å². The van der Waals surface area contributed by atoms with Gasteiger partial charge in [0.25, 0.3) is 15.9 Å². The van der Waals surface area contributed by atoms with E-state index in [1.54, 1.807) is 43.3 Å². The maximum absolute atomic E-state index is 12.6. The van der Waals surface area contributed by atoms with E-state index in [9.17, 15) is 21.6 Å². The van der Waals surface area contributed by atoms with Crippen LogP contribution in [0.25, 0.3) is 0 Å². The van der Waals surface area contributed by atoms with E-state index in [0.717, 1.165) is 6.26 Å². The number of benzene rings is 3. The molecule has 0 saturated carbocycles. The molecule has 3 aromatic carbocycles. The molecule has 0 heterocycles. The lowest BCUT2D eigenvalue weighted by atomic mass is 10.1. The van der Waals surface area contributed by atoms with E-state index in [2.05, 4.69) is 14.8 Å². The first-order chi connectivity index (χ1) is 15.5. The van der Waals surface area contributed by atoms with Gasteiger partial charge in [0, 0.05) is 16.9 Å². The Hall–Kier alpha value is -3.57. The maximum atomic E-state index is 12.6. The molecular formula is C22H23N3O6S2. The molecule has 0 radical (unpaired) electrons. The first-order valence-electron chi connectivity index (χ1n) is 9.63. The third-order valence-corrected chi connectivity index (χ3v) is 6.55. The van der Waals surface area contributed by atoms with Gasteiger partial charge in [-0.25, -0.2) is 16.8 Å². The van der Waals surface area contributed by atoms with Crippen LogP contribution in [0.4, 0.5) is 17.1 Å². The van der Waals surface area contributed by atoms with E-state index in [1.165, 1.54) is 37.4 Å². The average molecular weight is 490 g/mol. The number of sulfonamides is 2. The van der Waals surface area contributed by atoms with Crippen molar-refractivity contribution in [2.24, 2.45) is 0 Å². The predicted molar refractivity (Wildman–Crippen MR) is 128 cm³/mol. The molecule has 0 fully saturated rings. The van der Waals surface area contributed by atoms with Crippen molar-refractivity contribution in [2.45, 2.75) is 11.8 Å². The van der Waals surface area contributed by atoms with Crippen LogP contribution >= 0.6 is 0 Å². The Morgan fingerprint density at radius 3 is 2.00 bits per heavy atom. The lowest BCUT2D eigenvalue weighted by Crippen LogP contribution is -2.15. The third kappa shape index (κ3) is 6.46. The van der Waals surface area contributed by atoms with Gasteiger partial charge in [-0.2, -0.15) is 0 Å².